The lowest BCUT2D eigenvalue weighted by molar-refractivity contribution is -0.115. The summed E-state index contributed by atoms with van der Waals surface area (Å²) in [7, 11) is 0. The van der Waals surface area contributed by atoms with Gasteiger partial charge in [-0.3, -0.25) is 4.79 Å². The molecule has 0 atom stereocenters. The second-order valence-corrected chi connectivity index (χ2v) is 5.21. The molecule has 1 fully saturated rings. The molecule has 0 bridgehead atoms. The molecular weight excluding hydrogens is 288 g/mol. The van der Waals surface area contributed by atoms with Gasteiger partial charge in [0, 0.05) is 25.2 Å². The number of carbonyl (C=O) groups excluding carboxylic acids is 2. The van der Waals surface area contributed by atoms with Crippen molar-refractivity contribution in [1.29, 1.82) is 0 Å². The van der Waals surface area contributed by atoms with Crippen LogP contribution in [0.5, 0.6) is 0 Å². The van der Waals surface area contributed by atoms with Crippen molar-refractivity contribution < 1.29 is 18.8 Å². The smallest absolute Gasteiger partial charge is 0.409 e. The van der Waals surface area contributed by atoms with Gasteiger partial charge in [0.15, 0.2) is 5.82 Å². The summed E-state index contributed by atoms with van der Waals surface area (Å²) in [6.07, 6.45) is 1.34. The van der Waals surface area contributed by atoms with Gasteiger partial charge in [-0.05, 0) is 26.7 Å². The maximum Gasteiger partial charge on any atom is 0.409 e. The lowest BCUT2D eigenvalue weighted by atomic mass is 10.1. The highest BCUT2D eigenvalue weighted by Gasteiger charge is 2.23. The molecule has 0 radical (unpaired) electrons. The van der Waals surface area contributed by atoms with Crippen molar-refractivity contribution in [3.63, 3.8) is 0 Å². The Bertz CT molecular complexity index is 509. The summed E-state index contributed by atoms with van der Waals surface area (Å²) in [5.41, 5.74) is 0. The monoisotopic (exact) mass is 310 g/mol. The van der Waals surface area contributed by atoms with Gasteiger partial charge in [-0.2, -0.15) is 0 Å². The molecule has 0 unspecified atom stereocenters. The normalized spacial score (nSPS) is 15.6. The van der Waals surface area contributed by atoms with Crippen LogP contribution in [0.4, 0.5) is 10.6 Å². The zero-order valence-corrected chi connectivity index (χ0v) is 12.9. The van der Waals surface area contributed by atoms with E-state index in [0.29, 0.717) is 31.3 Å². The first-order valence-electron chi connectivity index (χ1n) is 7.46. The highest BCUT2D eigenvalue weighted by atomic mass is 16.6. The minimum absolute atomic E-state index is 0.166. The largest absolute Gasteiger partial charge is 0.450 e. The maximum absolute atomic E-state index is 11.8. The summed E-state index contributed by atoms with van der Waals surface area (Å²) in [4.78, 5) is 25.1. The van der Waals surface area contributed by atoms with E-state index in [1.54, 1.807) is 24.8 Å². The number of nitrogens with one attached hydrogen (secondary N) is 2. The maximum atomic E-state index is 11.8. The molecule has 2 rings (SSSR count). The van der Waals surface area contributed by atoms with Crippen molar-refractivity contribution in [2.24, 2.45) is 0 Å². The Labute approximate surface area is 129 Å². The Morgan fingerprint density at radius 2 is 2.18 bits per heavy atom. The van der Waals surface area contributed by atoms with Crippen LogP contribution in [0.25, 0.3) is 0 Å². The SMILES string of the molecule is CCOC(=O)N1CCC(NCC(=O)Nc2cc(C)on2)CC1. The summed E-state index contributed by atoms with van der Waals surface area (Å²) >= 11 is 0. The van der Waals surface area contributed by atoms with Crippen molar-refractivity contribution in [3.8, 4) is 0 Å². The Balaban J connectivity index is 1.66. The Morgan fingerprint density at radius 3 is 2.77 bits per heavy atom. The van der Waals surface area contributed by atoms with Gasteiger partial charge in [0.1, 0.15) is 5.76 Å². The summed E-state index contributed by atoms with van der Waals surface area (Å²) in [6, 6.07) is 1.88. The fourth-order valence-electron chi connectivity index (χ4n) is 2.33. The van der Waals surface area contributed by atoms with E-state index in [0.717, 1.165) is 12.8 Å². The average Bonchev–Trinajstić information content (AvgIpc) is 2.91. The average molecular weight is 310 g/mol. The van der Waals surface area contributed by atoms with Gasteiger partial charge in [-0.1, -0.05) is 5.16 Å². The summed E-state index contributed by atoms with van der Waals surface area (Å²) in [6.45, 7) is 5.43. The number of ether oxygens (including phenoxy) is 1. The molecule has 122 valence electrons. The van der Waals surface area contributed by atoms with Gasteiger partial charge in [-0.15, -0.1) is 0 Å². The minimum atomic E-state index is -0.264. The third-order valence-electron chi connectivity index (χ3n) is 3.47. The van der Waals surface area contributed by atoms with Crippen molar-refractivity contribution in [1.82, 2.24) is 15.4 Å². The molecule has 1 aliphatic rings. The molecule has 8 nitrogen and oxygen atoms in total. The molecule has 2 heterocycles. The molecule has 22 heavy (non-hydrogen) atoms. The highest BCUT2D eigenvalue weighted by molar-refractivity contribution is 5.91. The van der Waals surface area contributed by atoms with Crippen molar-refractivity contribution in [3.05, 3.63) is 11.8 Å². The topological polar surface area (TPSA) is 96.7 Å². The van der Waals surface area contributed by atoms with E-state index in [-0.39, 0.29) is 24.6 Å². The molecule has 1 aromatic heterocycles. The predicted octanol–water partition coefficient (Wildman–Crippen LogP) is 1.13. The van der Waals surface area contributed by atoms with Crippen molar-refractivity contribution in [2.75, 3.05) is 31.6 Å². The molecule has 0 aliphatic carbocycles. The van der Waals surface area contributed by atoms with E-state index in [9.17, 15) is 9.59 Å². The molecule has 2 amide bonds. The van der Waals surface area contributed by atoms with Crippen LogP contribution in [-0.2, 0) is 9.53 Å². The molecule has 2 N–H and O–H groups in total. The third-order valence-corrected chi connectivity index (χ3v) is 3.47. The Morgan fingerprint density at radius 1 is 1.45 bits per heavy atom. The van der Waals surface area contributed by atoms with Gasteiger partial charge in [0.05, 0.1) is 13.2 Å². The predicted molar refractivity (Wildman–Crippen MR) is 79.5 cm³/mol. The first-order valence-corrected chi connectivity index (χ1v) is 7.46. The number of aryl methyl sites for hydroxylation is 1. The third kappa shape index (κ3) is 4.73. The van der Waals surface area contributed by atoms with Crippen LogP contribution in [-0.4, -0.2) is 54.3 Å². The summed E-state index contributed by atoms with van der Waals surface area (Å²) in [5, 5.41) is 9.55. The van der Waals surface area contributed by atoms with Crippen molar-refractivity contribution >= 4 is 17.8 Å². The van der Waals surface area contributed by atoms with E-state index in [2.05, 4.69) is 15.8 Å². The number of amides is 2. The number of carbonyl (C=O) groups is 2. The molecule has 1 aliphatic heterocycles. The van der Waals surface area contributed by atoms with Crippen LogP contribution in [0.1, 0.15) is 25.5 Å². The van der Waals surface area contributed by atoms with Gasteiger partial charge in [0.25, 0.3) is 0 Å². The zero-order chi connectivity index (χ0) is 15.9. The molecule has 1 saturated heterocycles. The zero-order valence-electron chi connectivity index (χ0n) is 12.9. The Hall–Kier alpha value is -2.09. The summed E-state index contributed by atoms with van der Waals surface area (Å²) in [5.74, 6) is 0.900. The van der Waals surface area contributed by atoms with Crippen LogP contribution in [0.3, 0.4) is 0 Å². The lowest BCUT2D eigenvalue weighted by Crippen LogP contribution is -2.46. The van der Waals surface area contributed by atoms with E-state index >= 15 is 0 Å². The number of rotatable bonds is 5. The number of nitrogens with zero attached hydrogens (tertiary/aromatic N) is 2. The van der Waals surface area contributed by atoms with E-state index in [1.807, 2.05) is 0 Å². The number of hydrogen-bond acceptors (Lipinski definition) is 6. The number of piperidine rings is 1. The molecule has 0 saturated carbocycles. The van der Waals surface area contributed by atoms with Gasteiger partial charge in [0.2, 0.25) is 5.91 Å². The summed E-state index contributed by atoms with van der Waals surface area (Å²) < 4.78 is 9.85. The second-order valence-electron chi connectivity index (χ2n) is 5.21. The molecule has 1 aromatic rings. The van der Waals surface area contributed by atoms with Crippen molar-refractivity contribution in [2.45, 2.75) is 32.7 Å². The fourth-order valence-corrected chi connectivity index (χ4v) is 2.33. The highest BCUT2D eigenvalue weighted by Crippen LogP contribution is 2.11. The fraction of sp³-hybridized carbons (Fsp3) is 0.643. The van der Waals surface area contributed by atoms with Gasteiger partial charge in [-0.25, -0.2) is 4.79 Å². The molecular formula is C14H22N4O4. The first-order chi connectivity index (χ1) is 10.6. The molecule has 8 heteroatoms. The quantitative estimate of drug-likeness (QED) is 0.846. The first kappa shape index (κ1) is 16.3. The van der Waals surface area contributed by atoms with Crippen LogP contribution >= 0.6 is 0 Å². The number of aromatic nitrogens is 1. The minimum Gasteiger partial charge on any atom is -0.450 e. The van der Waals surface area contributed by atoms with Gasteiger partial charge < -0.3 is 24.8 Å². The lowest BCUT2D eigenvalue weighted by Gasteiger charge is -2.31. The van der Waals surface area contributed by atoms with Crippen LogP contribution in [0.15, 0.2) is 10.6 Å². The van der Waals surface area contributed by atoms with E-state index < -0.39 is 0 Å². The molecule has 0 spiro atoms. The van der Waals surface area contributed by atoms with Crippen LogP contribution in [0.2, 0.25) is 0 Å². The number of hydrogen-bond donors (Lipinski definition) is 2. The second kappa shape index (κ2) is 7.79. The Kier molecular flexibility index (Phi) is 5.76. The standard InChI is InChI=1S/C14H22N4O4/c1-3-21-14(20)18-6-4-11(5-7-18)15-9-13(19)16-12-8-10(2)22-17-12/h8,11,15H,3-7,9H2,1-2H3,(H,16,17,19). The van der Waals surface area contributed by atoms with E-state index in [1.165, 1.54) is 0 Å². The van der Waals surface area contributed by atoms with Crippen LogP contribution in [0, 0.1) is 6.92 Å². The van der Waals surface area contributed by atoms with E-state index in [4.69, 9.17) is 9.26 Å². The van der Waals surface area contributed by atoms with Gasteiger partial charge >= 0.3 is 6.09 Å². The van der Waals surface area contributed by atoms with Crippen LogP contribution < -0.4 is 10.6 Å². The number of likely N-dealkylation sites (tertiary alicyclic amines) is 1. The molecule has 0 aromatic carbocycles. The number of anilines is 1.